The molecule has 0 atom stereocenters. The number of piperazine rings is 1. The highest BCUT2D eigenvalue weighted by molar-refractivity contribution is 5.62. The van der Waals surface area contributed by atoms with Gasteiger partial charge in [-0.2, -0.15) is 0 Å². The van der Waals surface area contributed by atoms with E-state index < -0.39 is 0 Å². The number of benzene rings is 2. The van der Waals surface area contributed by atoms with Crippen LogP contribution in [0.3, 0.4) is 0 Å². The molecule has 2 aromatic carbocycles. The van der Waals surface area contributed by atoms with Crippen molar-refractivity contribution in [2.24, 2.45) is 7.05 Å². The van der Waals surface area contributed by atoms with E-state index in [0.717, 1.165) is 67.7 Å². The predicted molar refractivity (Wildman–Crippen MR) is 143 cm³/mol. The van der Waals surface area contributed by atoms with E-state index in [2.05, 4.69) is 34.4 Å². The van der Waals surface area contributed by atoms with Gasteiger partial charge in [-0.05, 0) is 31.2 Å². The molecule has 9 nitrogen and oxygen atoms in total. The lowest BCUT2D eigenvalue weighted by Crippen LogP contribution is -2.45. The lowest BCUT2D eigenvalue weighted by atomic mass is 10.1. The van der Waals surface area contributed by atoms with Gasteiger partial charge in [0.25, 0.3) is 0 Å². The molecule has 3 aromatic rings. The van der Waals surface area contributed by atoms with Crippen LogP contribution < -0.4 is 23.7 Å². The van der Waals surface area contributed by atoms with Gasteiger partial charge in [0.1, 0.15) is 5.82 Å². The van der Waals surface area contributed by atoms with E-state index in [4.69, 9.17) is 28.7 Å². The van der Waals surface area contributed by atoms with E-state index in [9.17, 15) is 0 Å². The van der Waals surface area contributed by atoms with E-state index in [0.29, 0.717) is 23.0 Å². The van der Waals surface area contributed by atoms with Crippen molar-refractivity contribution in [3.63, 3.8) is 0 Å². The Morgan fingerprint density at radius 2 is 1.30 bits per heavy atom. The van der Waals surface area contributed by atoms with Gasteiger partial charge in [-0.15, -0.1) is 0 Å². The Morgan fingerprint density at radius 3 is 1.89 bits per heavy atom. The molecule has 0 bridgehead atoms. The highest BCUT2D eigenvalue weighted by Gasteiger charge is 2.23. The van der Waals surface area contributed by atoms with Crippen molar-refractivity contribution in [1.29, 1.82) is 0 Å². The highest BCUT2D eigenvalue weighted by atomic mass is 16.5. The summed E-state index contributed by atoms with van der Waals surface area (Å²) < 4.78 is 29.7. The van der Waals surface area contributed by atoms with Crippen LogP contribution in [0.25, 0.3) is 11.4 Å². The zero-order valence-corrected chi connectivity index (χ0v) is 23.0. The molecular weight excluding hydrogens is 472 g/mol. The van der Waals surface area contributed by atoms with E-state index in [1.165, 1.54) is 5.69 Å². The molecule has 1 fully saturated rings. The Morgan fingerprint density at radius 1 is 0.703 bits per heavy atom. The van der Waals surface area contributed by atoms with Gasteiger partial charge in [-0.3, -0.25) is 9.80 Å². The summed E-state index contributed by atoms with van der Waals surface area (Å²) in [6, 6.07) is 9.92. The van der Waals surface area contributed by atoms with Crippen LogP contribution in [-0.4, -0.2) is 81.1 Å². The topological polar surface area (TPSA) is 70.5 Å². The van der Waals surface area contributed by atoms with Crippen LogP contribution in [0.5, 0.6) is 28.7 Å². The lowest BCUT2D eigenvalue weighted by Gasteiger charge is -2.35. The second-order valence-corrected chi connectivity index (χ2v) is 9.14. The van der Waals surface area contributed by atoms with Crippen LogP contribution in [0.15, 0.2) is 30.3 Å². The van der Waals surface area contributed by atoms with Gasteiger partial charge in [-0.25, -0.2) is 4.98 Å². The van der Waals surface area contributed by atoms with Gasteiger partial charge in [0.05, 0.1) is 46.9 Å². The molecule has 0 amide bonds. The molecule has 0 N–H and O–H groups in total. The summed E-state index contributed by atoms with van der Waals surface area (Å²) in [4.78, 5) is 9.83. The molecule has 9 heteroatoms. The lowest BCUT2D eigenvalue weighted by molar-refractivity contribution is 0.119. The molecule has 0 saturated carbocycles. The van der Waals surface area contributed by atoms with Gasteiger partial charge < -0.3 is 28.3 Å². The molecule has 0 aliphatic carbocycles. The van der Waals surface area contributed by atoms with Crippen molar-refractivity contribution in [3.05, 3.63) is 47.3 Å². The fourth-order valence-electron chi connectivity index (χ4n) is 4.97. The summed E-state index contributed by atoms with van der Waals surface area (Å²) in [5.74, 6) is 4.38. The zero-order chi connectivity index (χ0) is 26.5. The Labute approximate surface area is 219 Å². The van der Waals surface area contributed by atoms with E-state index in [1.807, 2.05) is 24.3 Å². The molecule has 0 spiro atoms. The van der Waals surface area contributed by atoms with Crippen LogP contribution in [0, 0.1) is 6.92 Å². The summed E-state index contributed by atoms with van der Waals surface area (Å²) >= 11 is 0. The van der Waals surface area contributed by atoms with Crippen molar-refractivity contribution >= 4 is 0 Å². The Bertz CT molecular complexity index is 1220. The number of hydrogen-bond acceptors (Lipinski definition) is 8. The maximum absolute atomic E-state index is 5.68. The average molecular weight is 511 g/mol. The Hall–Kier alpha value is -3.43. The highest BCUT2D eigenvalue weighted by Crippen LogP contribution is 2.40. The van der Waals surface area contributed by atoms with E-state index in [1.54, 1.807) is 35.5 Å². The fourth-order valence-corrected chi connectivity index (χ4v) is 4.97. The van der Waals surface area contributed by atoms with Crippen LogP contribution >= 0.6 is 0 Å². The minimum Gasteiger partial charge on any atom is -0.493 e. The summed E-state index contributed by atoms with van der Waals surface area (Å²) in [6.45, 7) is 7.63. The SMILES string of the molecule is COc1ccc(-c2nc(C)c(CN3CCN(Cc4ccc(OC)c(OC)c4OC)CC3)n2C)cc1OC. The smallest absolute Gasteiger partial charge is 0.203 e. The number of hydrogen-bond donors (Lipinski definition) is 0. The first-order chi connectivity index (χ1) is 17.9. The molecule has 1 saturated heterocycles. The quantitative estimate of drug-likeness (QED) is 0.409. The minimum absolute atomic E-state index is 0.637. The number of imidazole rings is 1. The number of ether oxygens (including phenoxy) is 5. The molecule has 1 aromatic heterocycles. The zero-order valence-electron chi connectivity index (χ0n) is 23.0. The molecule has 1 aliphatic heterocycles. The van der Waals surface area contributed by atoms with Gasteiger partial charge >= 0.3 is 0 Å². The summed E-state index contributed by atoms with van der Waals surface area (Å²) in [6.07, 6.45) is 0. The summed E-state index contributed by atoms with van der Waals surface area (Å²) in [5.41, 5.74) is 4.36. The molecule has 2 heterocycles. The molecule has 0 radical (unpaired) electrons. The average Bonchev–Trinajstić information content (AvgIpc) is 3.21. The monoisotopic (exact) mass is 510 g/mol. The van der Waals surface area contributed by atoms with Crippen molar-refractivity contribution in [3.8, 4) is 40.1 Å². The van der Waals surface area contributed by atoms with Crippen LogP contribution in [-0.2, 0) is 20.1 Å². The van der Waals surface area contributed by atoms with E-state index >= 15 is 0 Å². The molecule has 1 aliphatic rings. The second-order valence-electron chi connectivity index (χ2n) is 9.14. The van der Waals surface area contributed by atoms with Crippen LogP contribution in [0.1, 0.15) is 17.0 Å². The number of aromatic nitrogens is 2. The van der Waals surface area contributed by atoms with Gasteiger partial charge in [-0.1, -0.05) is 6.07 Å². The third-order valence-corrected chi connectivity index (χ3v) is 7.07. The number of rotatable bonds is 10. The molecular formula is C28H38N4O5. The first-order valence-electron chi connectivity index (χ1n) is 12.4. The first kappa shape index (κ1) is 26.6. The Balaban J connectivity index is 1.42. The third kappa shape index (κ3) is 5.47. The van der Waals surface area contributed by atoms with Crippen molar-refractivity contribution in [1.82, 2.24) is 19.4 Å². The molecule has 37 heavy (non-hydrogen) atoms. The van der Waals surface area contributed by atoms with Gasteiger partial charge in [0, 0.05) is 57.4 Å². The molecule has 200 valence electrons. The summed E-state index contributed by atoms with van der Waals surface area (Å²) in [7, 11) is 10.3. The standard InChI is InChI=1S/C28H38N4O5/c1-19-22(30(2)28(29-19)20-8-10-23(33-3)25(16-20)35-5)18-32-14-12-31(13-15-32)17-21-9-11-24(34-4)27(37-7)26(21)36-6/h8-11,16H,12-15,17-18H2,1-7H3. The van der Waals surface area contributed by atoms with Crippen LogP contribution in [0.4, 0.5) is 0 Å². The fraction of sp³-hybridized carbons (Fsp3) is 0.464. The van der Waals surface area contributed by atoms with Crippen LogP contribution in [0.2, 0.25) is 0 Å². The molecule has 0 unspecified atom stereocenters. The number of methoxy groups -OCH3 is 5. The van der Waals surface area contributed by atoms with Crippen molar-refractivity contribution in [2.45, 2.75) is 20.0 Å². The largest absolute Gasteiger partial charge is 0.493 e. The maximum atomic E-state index is 5.68. The van der Waals surface area contributed by atoms with E-state index in [-0.39, 0.29) is 0 Å². The van der Waals surface area contributed by atoms with Crippen molar-refractivity contribution in [2.75, 3.05) is 61.7 Å². The maximum Gasteiger partial charge on any atom is 0.203 e. The van der Waals surface area contributed by atoms with Gasteiger partial charge in [0.15, 0.2) is 23.0 Å². The minimum atomic E-state index is 0.637. The van der Waals surface area contributed by atoms with Gasteiger partial charge in [0.2, 0.25) is 5.75 Å². The second kappa shape index (κ2) is 11.7. The molecule has 4 rings (SSSR count). The third-order valence-electron chi connectivity index (χ3n) is 7.07. The Kier molecular flexibility index (Phi) is 8.45. The number of aryl methyl sites for hydroxylation is 1. The number of nitrogens with zero attached hydrogens (tertiary/aromatic N) is 4. The predicted octanol–water partition coefficient (Wildman–Crippen LogP) is 3.76. The normalized spacial score (nSPS) is 14.5. The van der Waals surface area contributed by atoms with Crippen molar-refractivity contribution < 1.29 is 23.7 Å². The first-order valence-corrected chi connectivity index (χ1v) is 12.4. The summed E-state index contributed by atoms with van der Waals surface area (Å²) in [5, 5.41) is 0.